The molecular weight excluding hydrogens is 164 g/mol. The molecule has 0 bridgehead atoms. The highest BCUT2D eigenvalue weighted by atomic mass is 17.2. The molecule has 0 atom stereocenters. The Hall–Kier alpha value is -1.83. The first-order chi connectivity index (χ1) is 5.06. The number of hydrogen-bond acceptors (Lipinski definition) is 7. The fourth-order valence-electron chi connectivity index (χ4n) is 0.179. The van der Waals surface area contributed by atoms with Gasteiger partial charge in [0.1, 0.15) is 0 Å². The molecule has 0 fully saturated rings. The molecule has 62 valence electrons. The van der Waals surface area contributed by atoms with Crippen LogP contribution in [0.4, 0.5) is 14.4 Å². The second-order valence-corrected chi connectivity index (χ2v) is 1.06. The summed E-state index contributed by atoms with van der Waals surface area (Å²) in [5, 5.41) is 15.2. The summed E-state index contributed by atoms with van der Waals surface area (Å²) in [6, 6.07) is 0. The molecule has 0 aliphatic carbocycles. The summed E-state index contributed by atoms with van der Waals surface area (Å²) in [6.07, 6.45) is -5.53. The van der Waals surface area contributed by atoms with Gasteiger partial charge in [0.05, 0.1) is 0 Å². The van der Waals surface area contributed by atoms with Crippen LogP contribution >= 0.6 is 0 Å². The van der Waals surface area contributed by atoms with Gasteiger partial charge < -0.3 is 14.6 Å². The van der Waals surface area contributed by atoms with Crippen molar-refractivity contribution in [3.8, 4) is 0 Å². The van der Waals surface area contributed by atoms with E-state index in [4.69, 9.17) is 10.4 Å². The molecule has 0 aromatic carbocycles. The minimum absolute atomic E-state index is 1.78. The average Bonchev–Trinajstić information content (AvgIpc) is 1.85. The monoisotopic (exact) mass is 166 g/mol. The summed E-state index contributed by atoms with van der Waals surface area (Å²) in [5.74, 6) is 0. The average molecular weight is 166 g/mol. The SMILES string of the molecule is O=C(O)OC(=O)OC(=O)OO. The summed E-state index contributed by atoms with van der Waals surface area (Å²) in [4.78, 5) is 32.2. The van der Waals surface area contributed by atoms with Crippen LogP contribution in [0.5, 0.6) is 0 Å². The number of hydrogen-bond donors (Lipinski definition) is 2. The Kier molecular flexibility index (Phi) is 3.39. The Morgan fingerprint density at radius 1 is 1.00 bits per heavy atom. The van der Waals surface area contributed by atoms with Gasteiger partial charge in [-0.15, -0.1) is 0 Å². The van der Waals surface area contributed by atoms with Crippen LogP contribution in [0.15, 0.2) is 0 Å². The highest BCUT2D eigenvalue weighted by Crippen LogP contribution is 1.88. The zero-order valence-electron chi connectivity index (χ0n) is 4.84. The summed E-state index contributed by atoms with van der Waals surface area (Å²) < 4.78 is 6.62. The standard InChI is InChI=1S/C3H2O8/c4-1(5)9-2(6)10-3(7)11-8/h8H,(H,4,5). The number of rotatable bonds is 0. The Labute approximate surface area is 58.8 Å². The fourth-order valence-corrected chi connectivity index (χ4v) is 0.179. The molecule has 2 N–H and O–H groups in total. The van der Waals surface area contributed by atoms with Gasteiger partial charge in [0.25, 0.3) is 0 Å². The lowest BCUT2D eigenvalue weighted by Crippen LogP contribution is -2.16. The molecule has 8 nitrogen and oxygen atoms in total. The summed E-state index contributed by atoms with van der Waals surface area (Å²) in [7, 11) is 0. The van der Waals surface area contributed by atoms with Gasteiger partial charge in [-0.25, -0.2) is 14.4 Å². The van der Waals surface area contributed by atoms with Crippen LogP contribution in [-0.2, 0) is 14.4 Å². The van der Waals surface area contributed by atoms with E-state index in [9.17, 15) is 14.4 Å². The van der Waals surface area contributed by atoms with Gasteiger partial charge in [0.15, 0.2) is 0 Å². The quantitative estimate of drug-likeness (QED) is 0.230. The van der Waals surface area contributed by atoms with E-state index < -0.39 is 18.5 Å². The highest BCUT2D eigenvalue weighted by molar-refractivity contribution is 5.82. The lowest BCUT2D eigenvalue weighted by atomic mass is 11.2. The predicted molar refractivity (Wildman–Crippen MR) is 24.7 cm³/mol. The van der Waals surface area contributed by atoms with Gasteiger partial charge in [-0.05, 0) is 0 Å². The van der Waals surface area contributed by atoms with E-state index in [0.29, 0.717) is 0 Å². The molecule has 0 aromatic heterocycles. The third-order valence-electron chi connectivity index (χ3n) is 0.412. The van der Waals surface area contributed by atoms with E-state index in [-0.39, 0.29) is 0 Å². The van der Waals surface area contributed by atoms with Gasteiger partial charge in [0, 0.05) is 0 Å². The van der Waals surface area contributed by atoms with Crippen molar-refractivity contribution in [1.29, 1.82) is 0 Å². The van der Waals surface area contributed by atoms with Crippen LogP contribution < -0.4 is 0 Å². The van der Waals surface area contributed by atoms with Crippen LogP contribution in [-0.4, -0.2) is 28.8 Å². The molecule has 0 saturated heterocycles. The van der Waals surface area contributed by atoms with Gasteiger partial charge in [0.2, 0.25) is 0 Å². The molecular formula is C3H2O8. The van der Waals surface area contributed by atoms with Crippen LogP contribution in [0.3, 0.4) is 0 Å². The molecule has 0 radical (unpaired) electrons. The van der Waals surface area contributed by atoms with E-state index in [1.54, 1.807) is 0 Å². The van der Waals surface area contributed by atoms with Crippen molar-refractivity contribution >= 4 is 18.5 Å². The Morgan fingerprint density at radius 2 is 1.55 bits per heavy atom. The number of ether oxygens (including phenoxy) is 2. The molecule has 0 unspecified atom stereocenters. The topological polar surface area (TPSA) is 119 Å². The maximum atomic E-state index is 9.99. The van der Waals surface area contributed by atoms with E-state index in [2.05, 4.69) is 14.4 Å². The van der Waals surface area contributed by atoms with Crippen LogP contribution in [0.25, 0.3) is 0 Å². The van der Waals surface area contributed by atoms with E-state index >= 15 is 0 Å². The molecule has 0 aromatic rings. The largest absolute Gasteiger partial charge is 0.550 e. The van der Waals surface area contributed by atoms with Crippen molar-refractivity contribution < 1.29 is 39.1 Å². The number of carbonyl (C=O) groups is 3. The maximum absolute atomic E-state index is 9.99. The van der Waals surface area contributed by atoms with Gasteiger partial charge in [-0.1, -0.05) is 0 Å². The maximum Gasteiger partial charge on any atom is 0.550 e. The molecule has 11 heavy (non-hydrogen) atoms. The van der Waals surface area contributed by atoms with Gasteiger partial charge in [-0.2, -0.15) is 5.26 Å². The Balaban J connectivity index is 3.70. The summed E-state index contributed by atoms with van der Waals surface area (Å²) in [5.41, 5.74) is 0. The molecule has 0 amide bonds. The molecule has 0 aliphatic rings. The van der Waals surface area contributed by atoms with Crippen LogP contribution in [0.2, 0.25) is 0 Å². The minimum atomic E-state index is -1.94. The van der Waals surface area contributed by atoms with Crippen molar-refractivity contribution in [1.82, 2.24) is 0 Å². The first-order valence-electron chi connectivity index (χ1n) is 2.04. The molecule has 0 spiro atoms. The predicted octanol–water partition coefficient (Wildman–Crippen LogP) is 0.427. The number of carboxylic acid groups (broad SMARTS) is 1. The molecule has 8 heteroatoms. The molecule has 0 saturated carbocycles. The van der Waals surface area contributed by atoms with Crippen molar-refractivity contribution in [2.24, 2.45) is 0 Å². The third-order valence-corrected chi connectivity index (χ3v) is 0.412. The second-order valence-electron chi connectivity index (χ2n) is 1.06. The molecule has 0 rings (SSSR count). The Morgan fingerprint density at radius 3 is 1.91 bits per heavy atom. The van der Waals surface area contributed by atoms with Crippen molar-refractivity contribution in [2.75, 3.05) is 0 Å². The van der Waals surface area contributed by atoms with Gasteiger partial charge in [-0.3, -0.25) is 4.89 Å². The van der Waals surface area contributed by atoms with E-state index in [1.807, 2.05) is 0 Å². The van der Waals surface area contributed by atoms with E-state index in [0.717, 1.165) is 0 Å². The van der Waals surface area contributed by atoms with Gasteiger partial charge >= 0.3 is 18.5 Å². The lowest BCUT2D eigenvalue weighted by Gasteiger charge is -1.95. The van der Waals surface area contributed by atoms with Crippen LogP contribution in [0.1, 0.15) is 0 Å². The zero-order chi connectivity index (χ0) is 8.85. The lowest BCUT2D eigenvalue weighted by molar-refractivity contribution is -0.196. The zero-order valence-corrected chi connectivity index (χ0v) is 4.84. The highest BCUT2D eigenvalue weighted by Gasteiger charge is 2.15. The van der Waals surface area contributed by atoms with E-state index in [1.165, 1.54) is 0 Å². The summed E-state index contributed by atoms with van der Waals surface area (Å²) in [6.45, 7) is 0. The second kappa shape index (κ2) is 4.06. The van der Waals surface area contributed by atoms with Crippen molar-refractivity contribution in [2.45, 2.75) is 0 Å². The molecule has 0 heterocycles. The third kappa shape index (κ3) is 4.66. The fraction of sp³-hybridized carbons (Fsp3) is 0. The van der Waals surface area contributed by atoms with Crippen molar-refractivity contribution in [3.63, 3.8) is 0 Å². The first kappa shape index (κ1) is 9.17. The smallest absolute Gasteiger partial charge is 0.449 e. The summed E-state index contributed by atoms with van der Waals surface area (Å²) >= 11 is 0. The number of carbonyl (C=O) groups excluding carboxylic acids is 2. The Bertz CT molecular complexity index is 182. The first-order valence-corrected chi connectivity index (χ1v) is 2.04. The minimum Gasteiger partial charge on any atom is -0.449 e. The van der Waals surface area contributed by atoms with Crippen LogP contribution in [0, 0.1) is 0 Å². The molecule has 0 aliphatic heterocycles. The normalized spacial score (nSPS) is 8.09. The van der Waals surface area contributed by atoms with Crippen molar-refractivity contribution in [3.05, 3.63) is 0 Å².